The first-order valence-corrected chi connectivity index (χ1v) is 9.30. The summed E-state index contributed by atoms with van der Waals surface area (Å²) in [5.41, 5.74) is 0.315. The second-order valence-corrected chi connectivity index (χ2v) is 7.74. The zero-order valence-electron chi connectivity index (χ0n) is 13.0. The van der Waals surface area contributed by atoms with E-state index in [1.807, 2.05) is 17.5 Å². The first-order chi connectivity index (χ1) is 10.8. The fourth-order valence-electron chi connectivity index (χ4n) is 3.90. The Kier molecular flexibility index (Phi) is 3.78. The summed E-state index contributed by atoms with van der Waals surface area (Å²) in [5, 5.41) is 10.1. The molecule has 5 heteroatoms. The van der Waals surface area contributed by atoms with E-state index < -0.39 is 0 Å². The van der Waals surface area contributed by atoms with E-state index in [1.165, 1.54) is 44.9 Å². The van der Waals surface area contributed by atoms with Crippen LogP contribution in [-0.2, 0) is 0 Å². The topological polar surface area (TPSA) is 51.0 Å². The Morgan fingerprint density at radius 1 is 1.32 bits per heavy atom. The molecule has 2 aliphatic carbocycles. The van der Waals surface area contributed by atoms with Crippen LogP contribution in [0.2, 0.25) is 0 Å². The molecule has 2 aliphatic rings. The number of rotatable bonds is 5. The molecule has 0 aliphatic heterocycles. The van der Waals surface area contributed by atoms with Crippen molar-refractivity contribution < 1.29 is 4.52 Å². The van der Waals surface area contributed by atoms with E-state index in [4.69, 9.17) is 4.52 Å². The molecule has 22 heavy (non-hydrogen) atoms. The third-order valence-electron chi connectivity index (χ3n) is 5.16. The molecule has 4 rings (SSSR count). The molecule has 1 unspecified atom stereocenters. The van der Waals surface area contributed by atoms with Crippen molar-refractivity contribution in [2.24, 2.45) is 5.92 Å². The molecule has 0 radical (unpaired) electrons. The summed E-state index contributed by atoms with van der Waals surface area (Å²) < 4.78 is 5.52. The SMILES string of the molecule is CC(NC1(C2CC2)CCCCC1)c1nc(-c2cccs2)no1. The van der Waals surface area contributed by atoms with Gasteiger partial charge in [0.2, 0.25) is 11.7 Å². The minimum absolute atomic E-state index is 0.125. The zero-order valence-corrected chi connectivity index (χ0v) is 13.9. The predicted octanol–water partition coefficient (Wildman–Crippen LogP) is 4.56. The Labute approximate surface area is 135 Å². The van der Waals surface area contributed by atoms with Crippen LogP contribution in [0.3, 0.4) is 0 Å². The third kappa shape index (κ3) is 2.72. The molecular weight excluding hydrogens is 294 g/mol. The van der Waals surface area contributed by atoms with Gasteiger partial charge in [-0.1, -0.05) is 30.5 Å². The number of hydrogen-bond donors (Lipinski definition) is 1. The average molecular weight is 317 g/mol. The first kappa shape index (κ1) is 14.4. The van der Waals surface area contributed by atoms with Crippen LogP contribution in [0.25, 0.3) is 10.7 Å². The van der Waals surface area contributed by atoms with Crippen molar-refractivity contribution in [3.63, 3.8) is 0 Å². The van der Waals surface area contributed by atoms with Crippen molar-refractivity contribution >= 4 is 11.3 Å². The zero-order chi connectivity index (χ0) is 15.0. The summed E-state index contributed by atoms with van der Waals surface area (Å²) in [7, 11) is 0. The van der Waals surface area contributed by atoms with Gasteiger partial charge in [-0.15, -0.1) is 11.3 Å². The molecule has 0 aromatic carbocycles. The molecule has 2 aromatic rings. The molecule has 2 saturated carbocycles. The maximum Gasteiger partial charge on any atom is 0.243 e. The van der Waals surface area contributed by atoms with Crippen LogP contribution in [0.1, 0.15) is 63.8 Å². The van der Waals surface area contributed by atoms with Gasteiger partial charge in [0.05, 0.1) is 10.9 Å². The molecule has 0 spiro atoms. The van der Waals surface area contributed by atoms with Crippen LogP contribution in [0, 0.1) is 5.92 Å². The molecular formula is C17H23N3OS. The Balaban J connectivity index is 1.50. The number of aromatic nitrogens is 2. The van der Waals surface area contributed by atoms with Crippen LogP contribution in [0.5, 0.6) is 0 Å². The van der Waals surface area contributed by atoms with Gasteiger partial charge in [-0.05, 0) is 50.0 Å². The van der Waals surface area contributed by atoms with E-state index >= 15 is 0 Å². The second kappa shape index (κ2) is 5.78. The van der Waals surface area contributed by atoms with E-state index in [9.17, 15) is 0 Å². The smallest absolute Gasteiger partial charge is 0.243 e. The standard InChI is InChI=1S/C17H23N3OS/c1-12(16-18-15(20-21-16)14-6-5-11-22-14)19-17(13-7-8-13)9-3-2-4-10-17/h5-6,11-13,19H,2-4,7-10H2,1H3. The van der Waals surface area contributed by atoms with Crippen molar-refractivity contribution in [3.05, 3.63) is 23.4 Å². The third-order valence-corrected chi connectivity index (χ3v) is 6.03. The van der Waals surface area contributed by atoms with Crippen LogP contribution in [-0.4, -0.2) is 15.7 Å². The van der Waals surface area contributed by atoms with E-state index in [2.05, 4.69) is 22.4 Å². The number of thiophene rings is 1. The monoisotopic (exact) mass is 317 g/mol. The minimum atomic E-state index is 0.125. The molecule has 2 fully saturated rings. The molecule has 2 heterocycles. The predicted molar refractivity (Wildman–Crippen MR) is 87.7 cm³/mol. The Hall–Kier alpha value is -1.20. The van der Waals surface area contributed by atoms with Gasteiger partial charge < -0.3 is 9.84 Å². The highest BCUT2D eigenvalue weighted by Gasteiger charge is 2.46. The number of nitrogens with zero attached hydrogens (tertiary/aromatic N) is 2. The summed E-state index contributed by atoms with van der Waals surface area (Å²) in [6, 6.07) is 4.17. The van der Waals surface area contributed by atoms with Crippen LogP contribution in [0.4, 0.5) is 0 Å². The van der Waals surface area contributed by atoms with Crippen molar-refractivity contribution in [3.8, 4) is 10.7 Å². The lowest BCUT2D eigenvalue weighted by molar-refractivity contribution is 0.168. The van der Waals surface area contributed by atoms with Crippen molar-refractivity contribution in [1.29, 1.82) is 0 Å². The fourth-order valence-corrected chi connectivity index (χ4v) is 4.55. The highest BCUT2D eigenvalue weighted by molar-refractivity contribution is 7.13. The van der Waals surface area contributed by atoms with Gasteiger partial charge in [-0.3, -0.25) is 0 Å². The van der Waals surface area contributed by atoms with Gasteiger partial charge in [-0.25, -0.2) is 0 Å². The van der Waals surface area contributed by atoms with Crippen molar-refractivity contribution in [2.45, 2.75) is 63.5 Å². The minimum Gasteiger partial charge on any atom is -0.337 e. The van der Waals surface area contributed by atoms with E-state index in [-0.39, 0.29) is 6.04 Å². The largest absolute Gasteiger partial charge is 0.337 e. The summed E-state index contributed by atoms with van der Waals surface area (Å²) >= 11 is 1.65. The van der Waals surface area contributed by atoms with Gasteiger partial charge in [0.25, 0.3) is 0 Å². The molecule has 4 nitrogen and oxygen atoms in total. The molecule has 0 amide bonds. The van der Waals surface area contributed by atoms with E-state index in [1.54, 1.807) is 11.3 Å². The highest BCUT2D eigenvalue weighted by Crippen LogP contribution is 2.48. The number of nitrogens with one attached hydrogen (secondary N) is 1. The van der Waals surface area contributed by atoms with Crippen molar-refractivity contribution in [1.82, 2.24) is 15.5 Å². The molecule has 1 atom stereocenters. The fraction of sp³-hybridized carbons (Fsp3) is 0.647. The van der Waals surface area contributed by atoms with Crippen LogP contribution in [0.15, 0.2) is 22.0 Å². The molecule has 0 bridgehead atoms. The maximum absolute atomic E-state index is 5.52. The second-order valence-electron chi connectivity index (χ2n) is 6.79. The Bertz CT molecular complexity index is 612. The molecule has 2 aromatic heterocycles. The Morgan fingerprint density at radius 3 is 2.82 bits per heavy atom. The van der Waals surface area contributed by atoms with Gasteiger partial charge in [0.15, 0.2) is 0 Å². The lowest BCUT2D eigenvalue weighted by Gasteiger charge is -2.40. The Morgan fingerprint density at radius 2 is 2.14 bits per heavy atom. The van der Waals surface area contributed by atoms with Crippen LogP contribution < -0.4 is 5.32 Å². The summed E-state index contributed by atoms with van der Waals surface area (Å²) in [6.45, 7) is 2.16. The lowest BCUT2D eigenvalue weighted by atomic mass is 9.77. The van der Waals surface area contributed by atoms with Gasteiger partial charge in [0.1, 0.15) is 0 Å². The van der Waals surface area contributed by atoms with Gasteiger partial charge in [-0.2, -0.15) is 4.98 Å². The van der Waals surface area contributed by atoms with Gasteiger partial charge >= 0.3 is 0 Å². The summed E-state index contributed by atoms with van der Waals surface area (Å²) in [4.78, 5) is 5.67. The highest BCUT2D eigenvalue weighted by atomic mass is 32.1. The van der Waals surface area contributed by atoms with E-state index in [0.717, 1.165) is 10.8 Å². The summed E-state index contributed by atoms with van der Waals surface area (Å²) in [6.07, 6.45) is 9.43. The number of hydrogen-bond acceptors (Lipinski definition) is 5. The normalized spacial score (nSPS) is 22.6. The maximum atomic E-state index is 5.52. The van der Waals surface area contributed by atoms with Crippen molar-refractivity contribution in [2.75, 3.05) is 0 Å². The molecule has 118 valence electrons. The quantitative estimate of drug-likeness (QED) is 0.878. The van der Waals surface area contributed by atoms with E-state index in [0.29, 0.717) is 17.3 Å². The molecule has 0 saturated heterocycles. The summed E-state index contributed by atoms with van der Waals surface area (Å²) in [5.74, 6) is 2.28. The van der Waals surface area contributed by atoms with Crippen LogP contribution >= 0.6 is 11.3 Å². The first-order valence-electron chi connectivity index (χ1n) is 8.42. The lowest BCUT2D eigenvalue weighted by Crippen LogP contribution is -2.49. The molecule has 1 N–H and O–H groups in total. The van der Waals surface area contributed by atoms with Gasteiger partial charge in [0, 0.05) is 5.54 Å². The average Bonchev–Trinajstić information content (AvgIpc) is 3.06.